The highest BCUT2D eigenvalue weighted by atomic mass is 32.2. The summed E-state index contributed by atoms with van der Waals surface area (Å²) in [5.41, 5.74) is 11.2. The number of nitrogen functional groups attached to an aromatic ring is 1. The summed E-state index contributed by atoms with van der Waals surface area (Å²) < 4.78 is 39.1. The maximum atomic E-state index is 15.0. The smallest absolute Gasteiger partial charge is 0.213 e. The van der Waals surface area contributed by atoms with Gasteiger partial charge in [-0.15, -0.1) is 11.8 Å². The SMILES string of the molecule is CCOC/C=C\C(C1=C(c2ccc(OC3CCN(CCCF)C3)nc2)c2ccc(N)cc2SCC1)=C(/C)F. The van der Waals surface area contributed by atoms with E-state index in [4.69, 9.17) is 15.2 Å². The molecule has 1 atom stereocenters. The Hall–Kier alpha value is -2.68. The normalized spacial score (nSPS) is 19.0. The molecule has 0 spiro atoms. The highest BCUT2D eigenvalue weighted by molar-refractivity contribution is 7.99. The van der Waals surface area contributed by atoms with Gasteiger partial charge in [0.05, 0.1) is 13.3 Å². The summed E-state index contributed by atoms with van der Waals surface area (Å²) in [4.78, 5) is 7.94. The minimum atomic E-state index is -0.293. The number of likely N-dealkylation sites (tertiary alicyclic amines) is 1. The number of ether oxygens (including phenoxy) is 2. The summed E-state index contributed by atoms with van der Waals surface area (Å²) in [5, 5.41) is 0. The second-order valence-corrected chi connectivity index (χ2v) is 10.6. The van der Waals surface area contributed by atoms with Crippen LogP contribution in [0, 0.1) is 0 Å². The third-order valence-electron chi connectivity index (χ3n) is 6.73. The van der Waals surface area contributed by atoms with E-state index in [-0.39, 0.29) is 18.6 Å². The van der Waals surface area contributed by atoms with Gasteiger partial charge in [-0.25, -0.2) is 9.37 Å². The molecule has 2 N–H and O–H groups in total. The van der Waals surface area contributed by atoms with E-state index in [0.717, 1.165) is 59.0 Å². The molecule has 2 aromatic rings. The lowest BCUT2D eigenvalue weighted by Gasteiger charge is -2.18. The Kier molecular flexibility index (Phi) is 10.4. The molecule has 0 bridgehead atoms. The number of aromatic nitrogens is 1. The maximum absolute atomic E-state index is 15.0. The molecule has 2 aliphatic heterocycles. The van der Waals surface area contributed by atoms with Crippen molar-refractivity contribution in [3.8, 4) is 5.88 Å². The molecule has 5 nitrogen and oxygen atoms in total. The molecule has 0 aliphatic carbocycles. The zero-order valence-electron chi connectivity index (χ0n) is 22.2. The lowest BCUT2D eigenvalue weighted by atomic mass is 9.88. The Bertz CT molecular complexity index is 1180. The summed E-state index contributed by atoms with van der Waals surface area (Å²) in [6.07, 6.45) is 7.69. The van der Waals surface area contributed by atoms with Crippen molar-refractivity contribution in [2.75, 3.05) is 51.0 Å². The van der Waals surface area contributed by atoms with Crippen LogP contribution in [0.5, 0.6) is 5.88 Å². The lowest BCUT2D eigenvalue weighted by Crippen LogP contribution is -2.26. The number of hydrogen-bond donors (Lipinski definition) is 1. The van der Waals surface area contributed by atoms with Gasteiger partial charge in [0.15, 0.2) is 0 Å². The topological polar surface area (TPSA) is 60.6 Å². The predicted octanol–water partition coefficient (Wildman–Crippen LogP) is 6.61. The fourth-order valence-corrected chi connectivity index (χ4v) is 6.01. The first-order chi connectivity index (χ1) is 18.5. The van der Waals surface area contributed by atoms with Gasteiger partial charge in [0.2, 0.25) is 5.88 Å². The number of nitrogens with zero attached hydrogens (tertiary/aromatic N) is 2. The third kappa shape index (κ3) is 7.24. The Morgan fingerprint density at radius 1 is 1.29 bits per heavy atom. The number of nitrogens with two attached hydrogens (primary N) is 1. The zero-order valence-corrected chi connectivity index (χ0v) is 23.0. The van der Waals surface area contributed by atoms with Crippen molar-refractivity contribution < 1.29 is 18.3 Å². The van der Waals surface area contributed by atoms with E-state index in [2.05, 4.69) is 9.88 Å². The number of pyridine rings is 1. The average molecular weight is 542 g/mol. The van der Waals surface area contributed by atoms with Gasteiger partial charge in [-0.3, -0.25) is 9.29 Å². The van der Waals surface area contributed by atoms with Gasteiger partial charge in [0, 0.05) is 66.0 Å². The summed E-state index contributed by atoms with van der Waals surface area (Å²) >= 11 is 1.73. The molecular formula is C30H37F2N3O2S. The third-order valence-corrected chi connectivity index (χ3v) is 7.79. The molecule has 4 rings (SSSR count). The second kappa shape index (κ2) is 13.9. The molecule has 8 heteroatoms. The number of alkyl halides is 1. The van der Waals surface area contributed by atoms with Gasteiger partial charge in [-0.05, 0) is 68.0 Å². The van der Waals surface area contributed by atoms with Crippen LogP contribution in [0.4, 0.5) is 14.5 Å². The number of thioether (sulfide) groups is 1. The first-order valence-electron chi connectivity index (χ1n) is 13.3. The van der Waals surface area contributed by atoms with Crippen molar-refractivity contribution in [3.63, 3.8) is 0 Å². The van der Waals surface area contributed by atoms with Crippen molar-refractivity contribution in [2.45, 2.75) is 44.1 Å². The minimum absolute atomic E-state index is 0.0416. The number of halogens is 2. The fraction of sp³-hybridized carbons (Fsp3) is 0.433. The Morgan fingerprint density at radius 3 is 2.89 bits per heavy atom. The molecule has 3 heterocycles. The number of hydrogen-bond acceptors (Lipinski definition) is 6. The largest absolute Gasteiger partial charge is 0.473 e. The first kappa shape index (κ1) is 28.3. The zero-order chi connectivity index (χ0) is 26.9. The Balaban J connectivity index is 1.67. The standard InChI is InChI=1S/C30H37F2N3O2S/c1-3-36-16-4-6-25(21(2)32)26-12-17-38-28-18-23(33)8-9-27(28)30(26)22-7-10-29(34-19-22)37-24-11-15-35(20-24)14-5-13-31/h4,6-10,18-19,24H,3,5,11-17,20,33H2,1-2H3/b6-4-,25-21-. The summed E-state index contributed by atoms with van der Waals surface area (Å²) in [5.74, 6) is 1.13. The number of benzene rings is 1. The molecule has 1 fully saturated rings. The van der Waals surface area contributed by atoms with E-state index in [9.17, 15) is 8.78 Å². The highest BCUT2D eigenvalue weighted by Crippen LogP contribution is 2.43. The van der Waals surface area contributed by atoms with Crippen LogP contribution in [0.25, 0.3) is 5.57 Å². The molecule has 1 aromatic heterocycles. The van der Waals surface area contributed by atoms with E-state index >= 15 is 0 Å². The van der Waals surface area contributed by atoms with Crippen LogP contribution >= 0.6 is 11.8 Å². The average Bonchev–Trinajstić information content (AvgIpc) is 3.27. The van der Waals surface area contributed by atoms with Gasteiger partial charge < -0.3 is 15.2 Å². The van der Waals surface area contributed by atoms with Crippen LogP contribution in [-0.4, -0.2) is 61.3 Å². The van der Waals surface area contributed by atoms with E-state index < -0.39 is 0 Å². The van der Waals surface area contributed by atoms with Crippen molar-refractivity contribution in [1.82, 2.24) is 9.88 Å². The quantitative estimate of drug-likeness (QED) is 0.196. The molecule has 204 valence electrons. The molecule has 0 amide bonds. The number of fused-ring (bicyclic) bond motifs is 1. The number of rotatable bonds is 11. The van der Waals surface area contributed by atoms with Gasteiger partial charge in [-0.2, -0.15) is 0 Å². The molecule has 1 saturated heterocycles. The minimum Gasteiger partial charge on any atom is -0.473 e. The second-order valence-electron chi connectivity index (χ2n) is 9.47. The van der Waals surface area contributed by atoms with Crippen molar-refractivity contribution in [1.29, 1.82) is 0 Å². The number of allylic oxidation sites excluding steroid dienone is 4. The van der Waals surface area contributed by atoms with E-state index in [1.54, 1.807) is 11.8 Å². The van der Waals surface area contributed by atoms with Gasteiger partial charge in [0.1, 0.15) is 11.9 Å². The predicted molar refractivity (Wildman–Crippen MR) is 152 cm³/mol. The van der Waals surface area contributed by atoms with Gasteiger partial charge in [-0.1, -0.05) is 18.2 Å². The van der Waals surface area contributed by atoms with Crippen LogP contribution in [0.15, 0.2) is 70.5 Å². The molecular weight excluding hydrogens is 504 g/mol. The molecule has 38 heavy (non-hydrogen) atoms. The van der Waals surface area contributed by atoms with E-state index in [1.165, 1.54) is 6.92 Å². The summed E-state index contributed by atoms with van der Waals surface area (Å²) in [6, 6.07) is 9.77. The van der Waals surface area contributed by atoms with Crippen molar-refractivity contribution in [2.24, 2.45) is 0 Å². The molecule has 0 saturated carbocycles. The highest BCUT2D eigenvalue weighted by Gasteiger charge is 2.25. The van der Waals surface area contributed by atoms with Crippen LogP contribution < -0.4 is 10.5 Å². The maximum Gasteiger partial charge on any atom is 0.213 e. The van der Waals surface area contributed by atoms with E-state index in [1.807, 2.05) is 55.6 Å². The van der Waals surface area contributed by atoms with Crippen LogP contribution in [0.1, 0.15) is 44.2 Å². The van der Waals surface area contributed by atoms with E-state index in [0.29, 0.717) is 43.2 Å². The van der Waals surface area contributed by atoms with Crippen LogP contribution in [0.3, 0.4) is 0 Å². The van der Waals surface area contributed by atoms with Crippen molar-refractivity contribution >= 4 is 23.0 Å². The van der Waals surface area contributed by atoms with Gasteiger partial charge in [0.25, 0.3) is 0 Å². The molecule has 1 aromatic carbocycles. The molecule has 2 aliphatic rings. The summed E-state index contributed by atoms with van der Waals surface area (Å²) in [7, 11) is 0. The Labute approximate surface area is 228 Å². The molecule has 0 radical (unpaired) electrons. The number of anilines is 1. The summed E-state index contributed by atoms with van der Waals surface area (Å²) in [6.45, 7) is 6.62. The fourth-order valence-electron chi connectivity index (χ4n) is 4.94. The lowest BCUT2D eigenvalue weighted by molar-refractivity contribution is 0.177. The monoisotopic (exact) mass is 541 g/mol. The van der Waals surface area contributed by atoms with Gasteiger partial charge >= 0.3 is 0 Å². The van der Waals surface area contributed by atoms with Crippen molar-refractivity contribution in [3.05, 3.63) is 76.8 Å². The van der Waals surface area contributed by atoms with Crippen LogP contribution in [0.2, 0.25) is 0 Å². The molecule has 1 unspecified atom stereocenters. The van der Waals surface area contributed by atoms with Crippen LogP contribution in [-0.2, 0) is 4.74 Å². The Morgan fingerprint density at radius 2 is 2.16 bits per heavy atom. The first-order valence-corrected chi connectivity index (χ1v) is 14.3.